The van der Waals surface area contributed by atoms with Crippen LogP contribution >= 0.6 is 11.3 Å². The molecule has 1 aromatic heterocycles. The van der Waals surface area contributed by atoms with E-state index in [2.05, 4.69) is 10.3 Å². The van der Waals surface area contributed by atoms with Gasteiger partial charge in [-0.05, 0) is 44.5 Å². The predicted octanol–water partition coefficient (Wildman–Crippen LogP) is 3.58. The number of nitrogens with zero attached hydrogens (tertiary/aromatic N) is 2. The molecule has 152 valence electrons. The van der Waals surface area contributed by atoms with E-state index in [9.17, 15) is 14.9 Å². The molecule has 1 aromatic carbocycles. The van der Waals surface area contributed by atoms with E-state index in [0.29, 0.717) is 34.2 Å². The number of hydrogen-bond acceptors (Lipinski definition) is 8. The molecule has 0 aliphatic heterocycles. The Labute approximate surface area is 172 Å². The number of carbonyl (C=O) groups excluding carboxylic acids is 2. The quantitative estimate of drug-likeness (QED) is 0.398. The number of aromatic nitrogens is 1. The van der Waals surface area contributed by atoms with Crippen molar-refractivity contribution in [3.8, 4) is 17.6 Å². The first kappa shape index (κ1) is 21.9. The number of thiazole rings is 1. The molecule has 1 amide bonds. The molecule has 2 rings (SSSR count). The Morgan fingerprint density at radius 2 is 2.03 bits per heavy atom. The number of benzene rings is 1. The summed E-state index contributed by atoms with van der Waals surface area (Å²) in [7, 11) is 1.51. The third-order valence-electron chi connectivity index (χ3n) is 3.64. The number of ether oxygens (including phenoxy) is 3. The lowest BCUT2D eigenvalue weighted by molar-refractivity contribution is -0.112. The zero-order valence-electron chi connectivity index (χ0n) is 16.6. The van der Waals surface area contributed by atoms with Gasteiger partial charge in [0, 0.05) is 0 Å². The summed E-state index contributed by atoms with van der Waals surface area (Å²) in [5.41, 5.74) is 0.920. The second kappa shape index (κ2) is 10.2. The van der Waals surface area contributed by atoms with Crippen molar-refractivity contribution in [2.45, 2.75) is 20.8 Å². The maximum Gasteiger partial charge on any atom is 0.350 e. The monoisotopic (exact) mass is 415 g/mol. The van der Waals surface area contributed by atoms with E-state index in [1.165, 1.54) is 13.2 Å². The van der Waals surface area contributed by atoms with Gasteiger partial charge in [-0.15, -0.1) is 0 Å². The fourth-order valence-electron chi connectivity index (χ4n) is 2.36. The molecule has 8 nitrogen and oxygen atoms in total. The average Bonchev–Trinajstić information content (AvgIpc) is 3.07. The van der Waals surface area contributed by atoms with Crippen LogP contribution in [0.1, 0.15) is 34.8 Å². The van der Waals surface area contributed by atoms with Gasteiger partial charge in [0.1, 0.15) is 16.5 Å². The molecule has 0 bridgehead atoms. The molecule has 1 N–H and O–H groups in total. The molecule has 0 atom stereocenters. The summed E-state index contributed by atoms with van der Waals surface area (Å²) in [6.07, 6.45) is 1.43. The van der Waals surface area contributed by atoms with Crippen LogP contribution < -0.4 is 14.8 Å². The van der Waals surface area contributed by atoms with Crippen LogP contribution in [0.5, 0.6) is 11.5 Å². The summed E-state index contributed by atoms with van der Waals surface area (Å²) in [4.78, 5) is 28.8. The minimum atomic E-state index is -0.635. The zero-order valence-corrected chi connectivity index (χ0v) is 17.4. The minimum Gasteiger partial charge on any atom is -0.493 e. The van der Waals surface area contributed by atoms with Crippen molar-refractivity contribution in [3.63, 3.8) is 0 Å². The van der Waals surface area contributed by atoms with Crippen molar-refractivity contribution in [1.82, 2.24) is 4.98 Å². The van der Waals surface area contributed by atoms with Crippen LogP contribution in [-0.2, 0) is 9.53 Å². The number of esters is 1. The SMILES string of the molecule is CCOC(=O)c1sc(NC(=O)/C(C#N)=C\c2ccc(OCC)c(OC)c2)nc1C. The van der Waals surface area contributed by atoms with E-state index < -0.39 is 11.9 Å². The van der Waals surface area contributed by atoms with Crippen molar-refractivity contribution >= 4 is 34.4 Å². The maximum atomic E-state index is 12.5. The normalized spacial score (nSPS) is 10.8. The largest absolute Gasteiger partial charge is 0.493 e. The van der Waals surface area contributed by atoms with Crippen LogP contribution in [0.2, 0.25) is 0 Å². The Hall–Kier alpha value is -3.38. The molecule has 1 heterocycles. The highest BCUT2D eigenvalue weighted by Gasteiger charge is 2.19. The second-order valence-corrected chi connectivity index (χ2v) is 6.62. The molecule has 0 aliphatic carbocycles. The predicted molar refractivity (Wildman–Crippen MR) is 109 cm³/mol. The first-order valence-corrected chi connectivity index (χ1v) is 9.63. The Morgan fingerprint density at radius 1 is 1.28 bits per heavy atom. The van der Waals surface area contributed by atoms with Gasteiger partial charge >= 0.3 is 5.97 Å². The topological polar surface area (TPSA) is 111 Å². The number of rotatable bonds is 8. The molecular weight excluding hydrogens is 394 g/mol. The fourth-order valence-corrected chi connectivity index (χ4v) is 3.22. The fraction of sp³-hybridized carbons (Fsp3) is 0.300. The molecule has 29 heavy (non-hydrogen) atoms. The summed E-state index contributed by atoms with van der Waals surface area (Å²) >= 11 is 0.993. The number of methoxy groups -OCH3 is 1. The third kappa shape index (κ3) is 5.56. The molecule has 0 saturated carbocycles. The lowest BCUT2D eigenvalue weighted by atomic mass is 10.1. The van der Waals surface area contributed by atoms with Crippen molar-refractivity contribution in [3.05, 3.63) is 39.9 Å². The lowest BCUT2D eigenvalue weighted by Gasteiger charge is -2.09. The highest BCUT2D eigenvalue weighted by Crippen LogP contribution is 2.29. The molecule has 9 heteroatoms. The van der Waals surface area contributed by atoms with Gasteiger partial charge in [0.15, 0.2) is 16.6 Å². The second-order valence-electron chi connectivity index (χ2n) is 5.62. The van der Waals surface area contributed by atoms with Gasteiger partial charge in [-0.3, -0.25) is 10.1 Å². The van der Waals surface area contributed by atoms with Gasteiger partial charge in [0.2, 0.25) is 0 Å². The molecule has 0 unspecified atom stereocenters. The number of hydrogen-bond donors (Lipinski definition) is 1. The molecular formula is C20H21N3O5S. The Bertz CT molecular complexity index is 975. The zero-order chi connectivity index (χ0) is 21.4. The van der Waals surface area contributed by atoms with Crippen LogP contribution in [0.25, 0.3) is 6.08 Å². The first-order valence-electron chi connectivity index (χ1n) is 8.81. The number of nitriles is 1. The van der Waals surface area contributed by atoms with Crippen molar-refractivity contribution < 1.29 is 23.8 Å². The number of anilines is 1. The minimum absolute atomic E-state index is 0.123. The molecule has 0 radical (unpaired) electrons. The Kier molecular flexibility index (Phi) is 7.74. The molecule has 0 aliphatic rings. The van der Waals surface area contributed by atoms with Gasteiger partial charge in [-0.1, -0.05) is 17.4 Å². The van der Waals surface area contributed by atoms with Gasteiger partial charge < -0.3 is 14.2 Å². The van der Waals surface area contributed by atoms with E-state index in [0.717, 1.165) is 11.3 Å². The van der Waals surface area contributed by atoms with E-state index >= 15 is 0 Å². The van der Waals surface area contributed by atoms with Crippen LogP contribution in [0.15, 0.2) is 23.8 Å². The standard InChI is InChI=1S/C20H21N3O5S/c1-5-27-15-8-7-13(10-16(15)26-4)9-14(11-21)18(24)23-20-22-12(3)17(29-20)19(25)28-6-2/h7-10H,5-6H2,1-4H3,(H,22,23,24)/b14-9-. The van der Waals surface area contributed by atoms with Crippen molar-refractivity contribution in [2.75, 3.05) is 25.6 Å². The van der Waals surface area contributed by atoms with Gasteiger partial charge in [0.05, 0.1) is 26.0 Å². The summed E-state index contributed by atoms with van der Waals surface area (Å²) in [5, 5.41) is 12.1. The van der Waals surface area contributed by atoms with Gasteiger partial charge in [-0.2, -0.15) is 5.26 Å². The van der Waals surface area contributed by atoms with Crippen LogP contribution in [0, 0.1) is 18.3 Å². The van der Waals surface area contributed by atoms with E-state index in [1.54, 1.807) is 32.0 Å². The Morgan fingerprint density at radius 3 is 2.66 bits per heavy atom. The smallest absolute Gasteiger partial charge is 0.350 e. The van der Waals surface area contributed by atoms with Gasteiger partial charge in [-0.25, -0.2) is 9.78 Å². The lowest BCUT2D eigenvalue weighted by Crippen LogP contribution is -2.13. The van der Waals surface area contributed by atoms with Crippen LogP contribution in [0.4, 0.5) is 5.13 Å². The summed E-state index contributed by atoms with van der Waals surface area (Å²) in [5.74, 6) is -0.0715. The van der Waals surface area contributed by atoms with Crippen molar-refractivity contribution in [2.24, 2.45) is 0 Å². The van der Waals surface area contributed by atoms with Crippen molar-refractivity contribution in [1.29, 1.82) is 5.26 Å². The summed E-state index contributed by atoms with van der Waals surface area (Å²) in [6, 6.07) is 6.96. The molecule has 2 aromatic rings. The maximum absolute atomic E-state index is 12.5. The first-order chi connectivity index (χ1) is 13.9. The number of carbonyl (C=O) groups is 2. The number of nitrogens with one attached hydrogen (secondary N) is 1. The molecule has 0 saturated heterocycles. The average molecular weight is 415 g/mol. The van der Waals surface area contributed by atoms with Crippen LogP contribution in [-0.4, -0.2) is 37.2 Å². The van der Waals surface area contributed by atoms with Gasteiger partial charge in [0.25, 0.3) is 5.91 Å². The van der Waals surface area contributed by atoms with Crippen LogP contribution in [0.3, 0.4) is 0 Å². The number of aryl methyl sites for hydroxylation is 1. The van der Waals surface area contributed by atoms with E-state index in [4.69, 9.17) is 14.2 Å². The highest BCUT2D eigenvalue weighted by atomic mass is 32.1. The molecule has 0 spiro atoms. The summed E-state index contributed by atoms with van der Waals surface area (Å²) < 4.78 is 15.7. The summed E-state index contributed by atoms with van der Waals surface area (Å²) in [6.45, 7) is 5.94. The Balaban J connectivity index is 2.22. The highest BCUT2D eigenvalue weighted by molar-refractivity contribution is 7.17. The number of amides is 1. The van der Waals surface area contributed by atoms with E-state index in [-0.39, 0.29) is 17.3 Å². The molecule has 0 fully saturated rings. The van der Waals surface area contributed by atoms with E-state index in [1.807, 2.05) is 13.0 Å². The third-order valence-corrected chi connectivity index (χ3v) is 4.69.